The normalized spacial score (nSPS) is 10.2. The summed E-state index contributed by atoms with van der Waals surface area (Å²) in [5.41, 5.74) is 5.53. The van der Waals surface area contributed by atoms with Gasteiger partial charge in [-0.25, -0.2) is 5.43 Å². The van der Waals surface area contributed by atoms with Crippen molar-refractivity contribution in [3.05, 3.63) is 70.8 Å². The van der Waals surface area contributed by atoms with Gasteiger partial charge in [-0.2, -0.15) is 10.4 Å². The summed E-state index contributed by atoms with van der Waals surface area (Å²) in [5.74, 6) is -0.255. The Hall–Kier alpha value is -2.93. The van der Waals surface area contributed by atoms with Crippen LogP contribution in [0.2, 0.25) is 0 Å². The van der Waals surface area contributed by atoms with Crippen LogP contribution in [0.1, 0.15) is 27.0 Å². The molecule has 0 fully saturated rings. The fraction of sp³-hybridized carbons (Fsp3) is 0.0625. The number of nitrogens with zero attached hydrogens (tertiary/aromatic N) is 2. The van der Waals surface area contributed by atoms with Crippen molar-refractivity contribution in [2.45, 2.75) is 6.92 Å². The highest BCUT2D eigenvalue weighted by atomic mass is 16.2. The smallest absolute Gasteiger partial charge is 0.267 e. The molecule has 1 amide bonds. The van der Waals surface area contributed by atoms with E-state index in [0.29, 0.717) is 11.1 Å². The van der Waals surface area contributed by atoms with Crippen molar-refractivity contribution in [3.8, 4) is 6.07 Å². The SMILES string of the molecule is Cc1ccc(C(=O)N/N=C\c2ccc(C#N)cc2)cc1. The van der Waals surface area contributed by atoms with Crippen LogP contribution in [0.3, 0.4) is 0 Å². The third-order valence-corrected chi connectivity index (χ3v) is 2.73. The Morgan fingerprint density at radius 2 is 1.80 bits per heavy atom. The van der Waals surface area contributed by atoms with Crippen LogP contribution in [0.5, 0.6) is 0 Å². The molecule has 0 radical (unpaired) electrons. The third-order valence-electron chi connectivity index (χ3n) is 2.73. The quantitative estimate of drug-likeness (QED) is 0.683. The lowest BCUT2D eigenvalue weighted by Gasteiger charge is -2.00. The van der Waals surface area contributed by atoms with E-state index < -0.39 is 0 Å². The number of benzene rings is 2. The average molecular weight is 263 g/mol. The minimum Gasteiger partial charge on any atom is -0.267 e. The third kappa shape index (κ3) is 3.53. The summed E-state index contributed by atoms with van der Waals surface area (Å²) in [7, 11) is 0. The number of hydrogen-bond donors (Lipinski definition) is 1. The van der Waals surface area contributed by atoms with Crippen LogP contribution >= 0.6 is 0 Å². The van der Waals surface area contributed by atoms with Gasteiger partial charge in [0.05, 0.1) is 17.8 Å². The molecule has 2 aromatic carbocycles. The standard InChI is InChI=1S/C16H13N3O/c1-12-2-8-15(9-3-12)16(20)19-18-11-14-6-4-13(10-17)5-7-14/h2-9,11H,1H3,(H,19,20)/b18-11-. The number of rotatable bonds is 3. The molecule has 20 heavy (non-hydrogen) atoms. The molecular weight excluding hydrogens is 250 g/mol. The highest BCUT2D eigenvalue weighted by Gasteiger charge is 2.02. The van der Waals surface area contributed by atoms with Gasteiger partial charge in [-0.3, -0.25) is 4.79 Å². The summed E-state index contributed by atoms with van der Waals surface area (Å²) in [6, 6.07) is 16.2. The summed E-state index contributed by atoms with van der Waals surface area (Å²) >= 11 is 0. The Labute approximate surface area is 117 Å². The maximum atomic E-state index is 11.8. The van der Waals surface area contributed by atoms with Gasteiger partial charge >= 0.3 is 0 Å². The van der Waals surface area contributed by atoms with E-state index in [4.69, 9.17) is 5.26 Å². The minimum absolute atomic E-state index is 0.255. The summed E-state index contributed by atoms with van der Waals surface area (Å²) in [5, 5.41) is 12.6. The maximum absolute atomic E-state index is 11.8. The van der Waals surface area contributed by atoms with E-state index in [-0.39, 0.29) is 5.91 Å². The topological polar surface area (TPSA) is 65.2 Å². The lowest BCUT2D eigenvalue weighted by molar-refractivity contribution is 0.0955. The van der Waals surface area contributed by atoms with E-state index in [1.165, 1.54) is 6.21 Å². The molecule has 4 heteroatoms. The van der Waals surface area contributed by atoms with Crippen molar-refractivity contribution in [3.63, 3.8) is 0 Å². The van der Waals surface area contributed by atoms with Crippen LogP contribution in [0.25, 0.3) is 0 Å². The lowest BCUT2D eigenvalue weighted by atomic mass is 10.1. The first-order valence-corrected chi connectivity index (χ1v) is 6.09. The van der Waals surface area contributed by atoms with Crippen molar-refractivity contribution in [2.24, 2.45) is 5.10 Å². The van der Waals surface area contributed by atoms with Gasteiger partial charge < -0.3 is 0 Å². The molecular formula is C16H13N3O. The monoisotopic (exact) mass is 263 g/mol. The van der Waals surface area contributed by atoms with Gasteiger partial charge in [0.2, 0.25) is 0 Å². The highest BCUT2D eigenvalue weighted by molar-refractivity contribution is 5.94. The number of amides is 1. The van der Waals surface area contributed by atoms with Crippen molar-refractivity contribution in [1.29, 1.82) is 5.26 Å². The summed E-state index contributed by atoms with van der Waals surface area (Å²) in [6.45, 7) is 1.96. The summed E-state index contributed by atoms with van der Waals surface area (Å²) in [6.07, 6.45) is 1.53. The van der Waals surface area contributed by atoms with Crippen molar-refractivity contribution in [2.75, 3.05) is 0 Å². The average Bonchev–Trinajstić information content (AvgIpc) is 2.48. The van der Waals surface area contributed by atoms with Gasteiger partial charge in [-0.05, 0) is 36.8 Å². The number of carbonyl (C=O) groups excluding carboxylic acids is 1. The van der Waals surface area contributed by atoms with Gasteiger partial charge in [0.1, 0.15) is 0 Å². The molecule has 0 aliphatic carbocycles. The van der Waals surface area contributed by atoms with E-state index in [1.54, 1.807) is 36.4 Å². The van der Waals surface area contributed by atoms with Crippen LogP contribution in [0.15, 0.2) is 53.6 Å². The van der Waals surface area contributed by atoms with E-state index in [9.17, 15) is 4.79 Å². The van der Waals surface area contributed by atoms with Crippen molar-refractivity contribution < 1.29 is 4.79 Å². The molecule has 0 aromatic heterocycles. The zero-order chi connectivity index (χ0) is 14.4. The molecule has 4 nitrogen and oxygen atoms in total. The zero-order valence-corrected chi connectivity index (χ0v) is 11.0. The Kier molecular flexibility index (Phi) is 4.25. The lowest BCUT2D eigenvalue weighted by Crippen LogP contribution is -2.17. The molecule has 0 heterocycles. The van der Waals surface area contributed by atoms with Gasteiger partial charge in [0.15, 0.2) is 0 Å². The Morgan fingerprint density at radius 3 is 2.40 bits per heavy atom. The molecule has 1 N–H and O–H groups in total. The molecule has 2 aromatic rings. The fourth-order valence-electron chi connectivity index (χ4n) is 1.58. The first-order chi connectivity index (χ1) is 9.69. The predicted octanol–water partition coefficient (Wildman–Crippen LogP) is 2.63. The van der Waals surface area contributed by atoms with Crippen molar-refractivity contribution in [1.82, 2.24) is 5.43 Å². The predicted molar refractivity (Wildman–Crippen MR) is 77.4 cm³/mol. The van der Waals surface area contributed by atoms with E-state index in [0.717, 1.165) is 11.1 Å². The summed E-state index contributed by atoms with van der Waals surface area (Å²) in [4.78, 5) is 11.8. The van der Waals surface area contributed by atoms with Gasteiger partial charge in [-0.1, -0.05) is 29.8 Å². The van der Waals surface area contributed by atoms with E-state index in [1.807, 2.05) is 25.1 Å². The van der Waals surface area contributed by atoms with Crippen LogP contribution < -0.4 is 5.43 Å². The molecule has 0 spiro atoms. The highest BCUT2D eigenvalue weighted by Crippen LogP contribution is 2.03. The molecule has 0 saturated heterocycles. The maximum Gasteiger partial charge on any atom is 0.271 e. The fourth-order valence-corrected chi connectivity index (χ4v) is 1.58. The number of hydrazone groups is 1. The molecule has 2 rings (SSSR count). The Morgan fingerprint density at radius 1 is 1.15 bits per heavy atom. The first kappa shape index (κ1) is 13.5. The van der Waals surface area contributed by atoms with E-state index in [2.05, 4.69) is 10.5 Å². The van der Waals surface area contributed by atoms with E-state index >= 15 is 0 Å². The number of hydrogen-bond acceptors (Lipinski definition) is 3. The van der Waals surface area contributed by atoms with Crippen molar-refractivity contribution >= 4 is 12.1 Å². The number of carbonyl (C=O) groups is 1. The largest absolute Gasteiger partial charge is 0.271 e. The zero-order valence-electron chi connectivity index (χ0n) is 11.0. The van der Waals surface area contributed by atoms with Crippen LogP contribution in [-0.4, -0.2) is 12.1 Å². The van der Waals surface area contributed by atoms with Gasteiger partial charge in [0.25, 0.3) is 5.91 Å². The van der Waals surface area contributed by atoms with Gasteiger partial charge in [-0.15, -0.1) is 0 Å². The molecule has 0 atom stereocenters. The molecule has 0 aliphatic rings. The molecule has 0 aliphatic heterocycles. The number of nitrogens with one attached hydrogen (secondary N) is 1. The Bertz CT molecular complexity index is 664. The molecule has 0 bridgehead atoms. The Balaban J connectivity index is 1.97. The van der Waals surface area contributed by atoms with Gasteiger partial charge in [0, 0.05) is 5.56 Å². The van der Waals surface area contributed by atoms with Crippen LogP contribution in [0.4, 0.5) is 0 Å². The van der Waals surface area contributed by atoms with Crippen LogP contribution in [0, 0.1) is 18.3 Å². The molecule has 98 valence electrons. The minimum atomic E-state index is -0.255. The molecule has 0 unspecified atom stereocenters. The second-order valence-corrected chi connectivity index (χ2v) is 4.30. The van der Waals surface area contributed by atoms with Crippen LogP contribution in [-0.2, 0) is 0 Å². The second kappa shape index (κ2) is 6.30. The number of aryl methyl sites for hydroxylation is 1. The molecule has 0 saturated carbocycles. The second-order valence-electron chi connectivity index (χ2n) is 4.30. The summed E-state index contributed by atoms with van der Waals surface area (Å²) < 4.78 is 0. The first-order valence-electron chi connectivity index (χ1n) is 6.09. The number of nitriles is 1.